The highest BCUT2D eigenvalue weighted by Crippen LogP contribution is 2.31. The molecule has 8 nitrogen and oxygen atoms in total. The summed E-state index contributed by atoms with van der Waals surface area (Å²) >= 11 is 0. The van der Waals surface area contributed by atoms with Crippen LogP contribution in [-0.2, 0) is 16.0 Å². The fraction of sp³-hybridized carbons (Fsp3) is 0.545. The number of pyridine rings is 1. The Hall–Kier alpha value is -2.58. The molecule has 0 bridgehead atoms. The number of hydrogen-bond donors (Lipinski definition) is 2. The summed E-state index contributed by atoms with van der Waals surface area (Å²) in [6.07, 6.45) is 8.50. The fourth-order valence-electron chi connectivity index (χ4n) is 4.23. The summed E-state index contributed by atoms with van der Waals surface area (Å²) in [5, 5.41) is 12.8. The first-order valence-corrected chi connectivity index (χ1v) is 10.6. The van der Waals surface area contributed by atoms with Gasteiger partial charge in [0.1, 0.15) is 11.6 Å². The minimum absolute atomic E-state index is 0.0584. The molecule has 2 aliphatic rings. The maximum atomic E-state index is 11.3. The lowest BCUT2D eigenvalue weighted by atomic mass is 9.94. The summed E-state index contributed by atoms with van der Waals surface area (Å²) in [7, 11) is 0. The molecule has 0 aromatic carbocycles. The standard InChI is InChI=1S/C22H29N5O3/c1-15-24-10-18(11-25-15)20(9-21(28)29)27-12-16(13-27)14-30-8-6-19-5-4-17-3-2-7-23-22(17)26-19/h2-3,7,10-11,16,19-20H,4-6,8-9,12-14H2,1H3,(H,23,26)(H,28,29). The first-order chi connectivity index (χ1) is 14.6. The first-order valence-electron chi connectivity index (χ1n) is 10.6. The molecule has 4 rings (SSSR count). The van der Waals surface area contributed by atoms with Gasteiger partial charge in [-0.2, -0.15) is 0 Å². The number of ether oxygens (including phenoxy) is 1. The molecule has 8 heteroatoms. The van der Waals surface area contributed by atoms with Gasteiger partial charge in [0.25, 0.3) is 0 Å². The van der Waals surface area contributed by atoms with Crippen LogP contribution in [0.1, 0.15) is 42.3 Å². The van der Waals surface area contributed by atoms with E-state index in [1.165, 1.54) is 5.56 Å². The van der Waals surface area contributed by atoms with Crippen molar-refractivity contribution < 1.29 is 14.6 Å². The zero-order valence-corrected chi connectivity index (χ0v) is 17.3. The quantitative estimate of drug-likeness (QED) is 0.607. The van der Waals surface area contributed by atoms with Crippen LogP contribution >= 0.6 is 0 Å². The van der Waals surface area contributed by atoms with E-state index < -0.39 is 5.97 Å². The van der Waals surface area contributed by atoms with Crippen LogP contribution in [0.15, 0.2) is 30.7 Å². The van der Waals surface area contributed by atoms with Crippen LogP contribution in [0, 0.1) is 12.8 Å². The van der Waals surface area contributed by atoms with Crippen molar-refractivity contribution in [3.05, 3.63) is 47.7 Å². The summed E-state index contributed by atoms with van der Waals surface area (Å²) < 4.78 is 5.93. The van der Waals surface area contributed by atoms with E-state index in [4.69, 9.17) is 4.74 Å². The van der Waals surface area contributed by atoms with Gasteiger partial charge >= 0.3 is 5.97 Å². The van der Waals surface area contributed by atoms with Crippen molar-refractivity contribution >= 4 is 11.8 Å². The smallest absolute Gasteiger partial charge is 0.305 e. The number of aliphatic carboxylic acids is 1. The summed E-state index contributed by atoms with van der Waals surface area (Å²) in [4.78, 5) is 26.3. The molecule has 0 spiro atoms. The van der Waals surface area contributed by atoms with E-state index in [0.717, 1.165) is 50.3 Å². The molecule has 1 fully saturated rings. The summed E-state index contributed by atoms with van der Waals surface area (Å²) in [5.74, 6) is 1.33. The van der Waals surface area contributed by atoms with Gasteiger partial charge < -0.3 is 15.2 Å². The molecule has 2 aromatic rings. The lowest BCUT2D eigenvalue weighted by Gasteiger charge is -2.44. The zero-order chi connectivity index (χ0) is 20.9. The third-order valence-electron chi connectivity index (χ3n) is 5.94. The second-order valence-corrected chi connectivity index (χ2v) is 8.25. The average Bonchev–Trinajstić information content (AvgIpc) is 2.71. The van der Waals surface area contributed by atoms with Crippen LogP contribution in [0.5, 0.6) is 0 Å². The highest BCUT2D eigenvalue weighted by atomic mass is 16.5. The topological polar surface area (TPSA) is 100 Å². The van der Waals surface area contributed by atoms with E-state index in [9.17, 15) is 9.90 Å². The number of aromatic nitrogens is 3. The molecule has 160 valence electrons. The third kappa shape index (κ3) is 5.12. The highest BCUT2D eigenvalue weighted by Gasteiger charge is 2.34. The summed E-state index contributed by atoms with van der Waals surface area (Å²) in [6.45, 7) is 4.93. The van der Waals surface area contributed by atoms with Crippen LogP contribution < -0.4 is 5.32 Å². The van der Waals surface area contributed by atoms with Gasteiger partial charge in [0.15, 0.2) is 0 Å². The van der Waals surface area contributed by atoms with Crippen LogP contribution in [0.3, 0.4) is 0 Å². The second-order valence-electron chi connectivity index (χ2n) is 8.25. The van der Waals surface area contributed by atoms with E-state index in [1.54, 1.807) is 12.4 Å². The van der Waals surface area contributed by atoms with Crippen molar-refractivity contribution in [1.82, 2.24) is 19.9 Å². The maximum absolute atomic E-state index is 11.3. The van der Waals surface area contributed by atoms with Gasteiger partial charge in [-0.25, -0.2) is 15.0 Å². The van der Waals surface area contributed by atoms with Gasteiger partial charge in [0.2, 0.25) is 0 Å². The predicted molar refractivity (Wildman–Crippen MR) is 112 cm³/mol. The number of nitrogens with one attached hydrogen (secondary N) is 1. The number of likely N-dealkylation sites (tertiary alicyclic amines) is 1. The molecule has 0 aliphatic carbocycles. The second kappa shape index (κ2) is 9.49. The Morgan fingerprint density at radius 3 is 2.90 bits per heavy atom. The van der Waals surface area contributed by atoms with E-state index in [1.807, 2.05) is 19.2 Å². The van der Waals surface area contributed by atoms with Crippen molar-refractivity contribution in [3.8, 4) is 0 Å². The molecule has 2 aliphatic heterocycles. The maximum Gasteiger partial charge on any atom is 0.305 e. The largest absolute Gasteiger partial charge is 0.481 e. The normalized spacial score (nSPS) is 20.1. The Labute approximate surface area is 176 Å². The number of carbonyl (C=O) groups is 1. The molecule has 2 aromatic heterocycles. The van der Waals surface area contributed by atoms with Crippen LogP contribution in [0.25, 0.3) is 0 Å². The monoisotopic (exact) mass is 411 g/mol. The molecule has 4 heterocycles. The van der Waals surface area contributed by atoms with Gasteiger partial charge in [0.05, 0.1) is 13.0 Å². The number of aryl methyl sites for hydroxylation is 2. The molecular formula is C22H29N5O3. The van der Waals surface area contributed by atoms with Gasteiger partial charge in [-0.3, -0.25) is 9.69 Å². The predicted octanol–water partition coefficient (Wildman–Crippen LogP) is 2.46. The minimum Gasteiger partial charge on any atom is -0.481 e. The number of hydrogen-bond acceptors (Lipinski definition) is 7. The van der Waals surface area contributed by atoms with Crippen molar-refractivity contribution in [1.29, 1.82) is 0 Å². The molecule has 30 heavy (non-hydrogen) atoms. The fourth-order valence-corrected chi connectivity index (χ4v) is 4.23. The molecule has 0 radical (unpaired) electrons. The van der Waals surface area contributed by atoms with Gasteiger partial charge in [-0.15, -0.1) is 0 Å². The summed E-state index contributed by atoms with van der Waals surface area (Å²) in [6, 6.07) is 4.34. The molecule has 1 saturated heterocycles. The summed E-state index contributed by atoms with van der Waals surface area (Å²) in [5.41, 5.74) is 2.15. The lowest BCUT2D eigenvalue weighted by Crippen LogP contribution is -2.50. The molecule has 2 atom stereocenters. The van der Waals surface area contributed by atoms with Gasteiger partial charge in [-0.1, -0.05) is 6.07 Å². The molecule has 0 saturated carbocycles. The van der Waals surface area contributed by atoms with Crippen molar-refractivity contribution in [3.63, 3.8) is 0 Å². The van der Waals surface area contributed by atoms with Gasteiger partial charge in [-0.05, 0) is 37.8 Å². The van der Waals surface area contributed by atoms with Gasteiger partial charge in [0, 0.05) is 61.9 Å². The SMILES string of the molecule is Cc1ncc(C(CC(=O)O)N2CC(COCCC3CCc4cccnc4N3)C2)cn1. The minimum atomic E-state index is -0.809. The van der Waals surface area contributed by atoms with Crippen LogP contribution in [0.2, 0.25) is 0 Å². The van der Waals surface area contributed by atoms with Crippen molar-refractivity contribution in [2.45, 2.75) is 44.7 Å². The molecular weight excluding hydrogens is 382 g/mol. The number of nitrogens with zero attached hydrogens (tertiary/aromatic N) is 4. The van der Waals surface area contributed by atoms with E-state index in [-0.39, 0.29) is 12.5 Å². The number of fused-ring (bicyclic) bond motifs is 1. The van der Waals surface area contributed by atoms with E-state index >= 15 is 0 Å². The molecule has 0 amide bonds. The Kier molecular flexibility index (Phi) is 6.54. The third-order valence-corrected chi connectivity index (χ3v) is 5.94. The Morgan fingerprint density at radius 2 is 2.13 bits per heavy atom. The Morgan fingerprint density at radius 1 is 1.33 bits per heavy atom. The first kappa shape index (κ1) is 20.7. The van der Waals surface area contributed by atoms with Crippen LogP contribution in [-0.4, -0.2) is 63.3 Å². The zero-order valence-electron chi connectivity index (χ0n) is 17.3. The number of rotatable bonds is 9. The molecule has 2 unspecified atom stereocenters. The van der Waals surface area contributed by atoms with Crippen molar-refractivity contribution in [2.24, 2.45) is 5.92 Å². The number of carboxylic acids is 1. The highest BCUT2D eigenvalue weighted by molar-refractivity contribution is 5.67. The molecule has 2 N–H and O–H groups in total. The van der Waals surface area contributed by atoms with Crippen molar-refractivity contribution in [2.75, 3.05) is 31.6 Å². The van der Waals surface area contributed by atoms with Crippen LogP contribution in [0.4, 0.5) is 5.82 Å². The Bertz CT molecular complexity index is 854. The number of carboxylic acid groups (broad SMARTS) is 1. The lowest BCUT2D eigenvalue weighted by molar-refractivity contribution is -0.139. The Balaban J connectivity index is 1.18. The van der Waals surface area contributed by atoms with E-state index in [2.05, 4.69) is 31.2 Å². The van der Waals surface area contributed by atoms with E-state index in [0.29, 0.717) is 24.4 Å². The number of anilines is 1. The average molecular weight is 412 g/mol.